The van der Waals surface area contributed by atoms with Crippen molar-refractivity contribution >= 4 is 47.5 Å². The molecule has 88 valence electrons. The summed E-state index contributed by atoms with van der Waals surface area (Å²) in [5.41, 5.74) is 7.98. The molecule has 7 heteroatoms. The van der Waals surface area contributed by atoms with E-state index >= 15 is 0 Å². The van der Waals surface area contributed by atoms with Crippen LogP contribution in [0, 0.1) is 0 Å². The summed E-state index contributed by atoms with van der Waals surface area (Å²) in [5, 5.41) is 0. The number of aromatic amines is 1. The molecule has 2 rings (SSSR count). The smallest absolute Gasteiger partial charge is 0.338 e. The fourth-order valence-corrected chi connectivity index (χ4v) is 1.31. The number of rotatable bonds is 1. The largest absolute Gasteiger partial charge is 0.465 e. The summed E-state index contributed by atoms with van der Waals surface area (Å²) < 4.78 is 4.59. The molecule has 0 saturated heterocycles. The van der Waals surface area contributed by atoms with Crippen LogP contribution in [0.4, 0.5) is 5.69 Å². The van der Waals surface area contributed by atoms with Crippen molar-refractivity contribution < 1.29 is 9.53 Å². The van der Waals surface area contributed by atoms with Crippen molar-refractivity contribution in [2.24, 2.45) is 0 Å². The van der Waals surface area contributed by atoms with Crippen molar-refractivity contribution in [3.8, 4) is 0 Å². The third-order valence-corrected chi connectivity index (χ3v) is 1.97. The van der Waals surface area contributed by atoms with E-state index in [1.807, 2.05) is 0 Å². The maximum absolute atomic E-state index is 11.2. The summed E-state index contributed by atoms with van der Waals surface area (Å²) >= 11 is 0. The monoisotopic (exact) mass is 263 g/mol. The zero-order valence-electron chi connectivity index (χ0n) is 8.39. The maximum Gasteiger partial charge on any atom is 0.338 e. The van der Waals surface area contributed by atoms with Gasteiger partial charge >= 0.3 is 5.97 Å². The molecule has 0 spiro atoms. The highest BCUT2D eigenvalue weighted by Crippen LogP contribution is 2.19. The minimum absolute atomic E-state index is 0. The van der Waals surface area contributed by atoms with Gasteiger partial charge in [0.2, 0.25) is 0 Å². The number of halogens is 2. The molecular weight excluding hydrogens is 253 g/mol. The first-order valence-corrected chi connectivity index (χ1v) is 4.03. The van der Waals surface area contributed by atoms with Crippen molar-refractivity contribution in [1.82, 2.24) is 9.97 Å². The van der Waals surface area contributed by atoms with Crippen LogP contribution in [-0.4, -0.2) is 23.0 Å². The Bertz CT molecular complexity index is 498. The zero-order chi connectivity index (χ0) is 10.1. The van der Waals surface area contributed by atoms with Gasteiger partial charge in [-0.25, -0.2) is 9.78 Å². The molecule has 0 fully saturated rings. The van der Waals surface area contributed by atoms with Crippen molar-refractivity contribution in [3.05, 3.63) is 24.0 Å². The highest BCUT2D eigenvalue weighted by molar-refractivity contribution is 5.98. The summed E-state index contributed by atoms with van der Waals surface area (Å²) in [4.78, 5) is 18.1. The van der Waals surface area contributed by atoms with Crippen molar-refractivity contribution in [3.63, 3.8) is 0 Å². The summed E-state index contributed by atoms with van der Waals surface area (Å²) in [6.45, 7) is 0. The first kappa shape index (κ1) is 14.5. The molecular formula is C9H11Cl2N3O2. The van der Waals surface area contributed by atoms with Gasteiger partial charge in [-0.2, -0.15) is 0 Å². The Morgan fingerprint density at radius 1 is 1.44 bits per heavy atom. The van der Waals surface area contributed by atoms with E-state index in [0.29, 0.717) is 16.8 Å². The van der Waals surface area contributed by atoms with Crippen LogP contribution in [-0.2, 0) is 4.74 Å². The highest BCUT2D eigenvalue weighted by atomic mass is 35.5. The number of carbonyl (C=O) groups excluding carboxylic acids is 1. The number of benzene rings is 1. The van der Waals surface area contributed by atoms with Crippen LogP contribution in [0.3, 0.4) is 0 Å². The Balaban J connectivity index is 0.00000112. The third-order valence-electron chi connectivity index (χ3n) is 1.97. The second-order valence-corrected chi connectivity index (χ2v) is 2.86. The molecule has 3 N–H and O–H groups in total. The van der Waals surface area contributed by atoms with Gasteiger partial charge in [0, 0.05) is 0 Å². The number of carbonyl (C=O) groups is 1. The SMILES string of the molecule is COC(=O)c1cc(N)c2nc[nH]c2c1.Cl.Cl. The Labute approximate surface area is 104 Å². The van der Waals surface area contributed by atoms with Crippen LogP contribution in [0.25, 0.3) is 11.0 Å². The molecule has 0 aliphatic rings. The van der Waals surface area contributed by atoms with E-state index in [4.69, 9.17) is 5.73 Å². The number of imidazole rings is 1. The fourth-order valence-electron chi connectivity index (χ4n) is 1.31. The number of hydrogen-bond acceptors (Lipinski definition) is 4. The van der Waals surface area contributed by atoms with E-state index in [0.717, 1.165) is 5.52 Å². The van der Waals surface area contributed by atoms with E-state index < -0.39 is 5.97 Å². The second kappa shape index (κ2) is 5.58. The topological polar surface area (TPSA) is 81.0 Å². The Hall–Kier alpha value is -1.46. The molecule has 5 nitrogen and oxygen atoms in total. The van der Waals surface area contributed by atoms with Gasteiger partial charge in [0.1, 0.15) is 5.52 Å². The summed E-state index contributed by atoms with van der Waals surface area (Å²) in [7, 11) is 1.33. The van der Waals surface area contributed by atoms with Gasteiger partial charge in [-0.15, -0.1) is 24.8 Å². The number of H-pyrrole nitrogens is 1. The predicted octanol–water partition coefficient (Wildman–Crippen LogP) is 1.78. The average Bonchev–Trinajstić information content (AvgIpc) is 2.64. The minimum atomic E-state index is -0.409. The van der Waals surface area contributed by atoms with Gasteiger partial charge in [0.15, 0.2) is 0 Å². The third kappa shape index (κ3) is 2.37. The van der Waals surface area contributed by atoms with Crippen molar-refractivity contribution in [1.29, 1.82) is 0 Å². The number of esters is 1. The van der Waals surface area contributed by atoms with Crippen LogP contribution >= 0.6 is 24.8 Å². The molecule has 0 saturated carbocycles. The lowest BCUT2D eigenvalue weighted by atomic mass is 10.2. The van der Waals surface area contributed by atoms with E-state index in [1.165, 1.54) is 13.4 Å². The minimum Gasteiger partial charge on any atom is -0.465 e. The number of nitrogen functional groups attached to an aromatic ring is 1. The van der Waals surface area contributed by atoms with Gasteiger partial charge in [0.05, 0.1) is 30.2 Å². The number of nitrogens with one attached hydrogen (secondary N) is 1. The van der Waals surface area contributed by atoms with Crippen LogP contribution < -0.4 is 5.73 Å². The number of methoxy groups -OCH3 is 1. The zero-order valence-corrected chi connectivity index (χ0v) is 10.0. The van der Waals surface area contributed by atoms with Gasteiger partial charge < -0.3 is 15.5 Å². The number of hydrogen-bond donors (Lipinski definition) is 2. The summed E-state index contributed by atoms with van der Waals surface area (Å²) in [6.07, 6.45) is 1.53. The quantitative estimate of drug-likeness (QED) is 0.607. The molecule has 16 heavy (non-hydrogen) atoms. The molecule has 0 aliphatic carbocycles. The standard InChI is InChI=1S/C9H9N3O2.2ClH/c1-14-9(13)5-2-6(10)8-7(3-5)11-4-12-8;;/h2-4H,10H2,1H3,(H,11,12);2*1H. The van der Waals surface area contributed by atoms with Gasteiger partial charge in [-0.1, -0.05) is 0 Å². The Kier molecular flexibility index (Phi) is 5.07. The van der Waals surface area contributed by atoms with Crippen LogP contribution in [0.5, 0.6) is 0 Å². The van der Waals surface area contributed by atoms with Crippen molar-refractivity contribution in [2.45, 2.75) is 0 Å². The first-order valence-electron chi connectivity index (χ1n) is 4.03. The van der Waals surface area contributed by atoms with Gasteiger partial charge in [0.25, 0.3) is 0 Å². The summed E-state index contributed by atoms with van der Waals surface area (Å²) in [6, 6.07) is 3.21. The van der Waals surface area contributed by atoms with Gasteiger partial charge in [-0.3, -0.25) is 0 Å². The molecule has 0 unspecified atom stereocenters. The molecule has 0 amide bonds. The van der Waals surface area contributed by atoms with Crippen molar-refractivity contribution in [2.75, 3.05) is 12.8 Å². The number of nitrogens with two attached hydrogens (primary N) is 1. The van der Waals surface area contributed by atoms with E-state index in [-0.39, 0.29) is 24.8 Å². The molecule has 0 atom stereocenters. The number of ether oxygens (including phenoxy) is 1. The van der Waals surface area contributed by atoms with E-state index in [1.54, 1.807) is 12.1 Å². The van der Waals surface area contributed by atoms with Crippen LogP contribution in [0.2, 0.25) is 0 Å². The maximum atomic E-state index is 11.2. The lowest BCUT2D eigenvalue weighted by molar-refractivity contribution is 0.0601. The van der Waals surface area contributed by atoms with Gasteiger partial charge in [-0.05, 0) is 12.1 Å². The van der Waals surface area contributed by atoms with E-state index in [2.05, 4.69) is 14.7 Å². The molecule has 1 aromatic heterocycles. The van der Waals surface area contributed by atoms with Crippen LogP contribution in [0.15, 0.2) is 18.5 Å². The number of anilines is 1. The summed E-state index contributed by atoms with van der Waals surface area (Å²) in [5.74, 6) is -0.409. The normalized spacial score (nSPS) is 9.06. The number of nitrogens with zero attached hydrogens (tertiary/aromatic N) is 1. The second-order valence-electron chi connectivity index (χ2n) is 2.86. The number of aromatic nitrogens is 2. The molecule has 0 aliphatic heterocycles. The Morgan fingerprint density at radius 2 is 2.12 bits per heavy atom. The molecule has 0 radical (unpaired) electrons. The molecule has 1 aromatic carbocycles. The molecule has 0 bridgehead atoms. The predicted molar refractivity (Wildman–Crippen MR) is 66.3 cm³/mol. The molecule has 1 heterocycles. The average molecular weight is 264 g/mol. The molecule has 2 aromatic rings. The first-order chi connectivity index (χ1) is 6.72. The Morgan fingerprint density at radius 3 is 2.75 bits per heavy atom. The fraction of sp³-hybridized carbons (Fsp3) is 0.111. The lowest BCUT2D eigenvalue weighted by Crippen LogP contribution is -2.02. The van der Waals surface area contributed by atoms with Crippen LogP contribution in [0.1, 0.15) is 10.4 Å². The highest BCUT2D eigenvalue weighted by Gasteiger charge is 2.09. The number of fused-ring (bicyclic) bond motifs is 1. The lowest BCUT2D eigenvalue weighted by Gasteiger charge is -2.01. The van der Waals surface area contributed by atoms with E-state index in [9.17, 15) is 4.79 Å².